The first-order valence-corrected chi connectivity index (χ1v) is 7.11. The molecule has 20 heavy (non-hydrogen) atoms. The molecule has 2 N–H and O–H groups in total. The maximum absolute atomic E-state index is 5.87. The second-order valence-electron chi connectivity index (χ2n) is 4.57. The second kappa shape index (κ2) is 5.65. The smallest absolute Gasteiger partial charge is 0.106 e. The van der Waals surface area contributed by atoms with Gasteiger partial charge in [-0.05, 0) is 29.7 Å². The van der Waals surface area contributed by atoms with Crippen molar-refractivity contribution in [1.82, 2.24) is 10.3 Å². The molecule has 3 aromatic rings. The third kappa shape index (κ3) is 2.84. The summed E-state index contributed by atoms with van der Waals surface area (Å²) in [5, 5.41) is 5.18. The van der Waals surface area contributed by atoms with Gasteiger partial charge in [-0.15, -0.1) is 0 Å². The monoisotopic (exact) mass is 300 g/mol. The molecule has 0 aliphatic heterocycles. The van der Waals surface area contributed by atoms with E-state index in [0.717, 1.165) is 21.8 Å². The van der Waals surface area contributed by atoms with Gasteiger partial charge in [-0.2, -0.15) is 0 Å². The van der Waals surface area contributed by atoms with Crippen molar-refractivity contribution in [3.63, 3.8) is 0 Å². The van der Waals surface area contributed by atoms with Gasteiger partial charge < -0.3 is 10.3 Å². The van der Waals surface area contributed by atoms with Crippen LogP contribution in [0.3, 0.4) is 0 Å². The second-order valence-corrected chi connectivity index (χ2v) is 5.42. The summed E-state index contributed by atoms with van der Waals surface area (Å²) in [7, 11) is 0. The van der Waals surface area contributed by atoms with Crippen LogP contribution in [0.25, 0.3) is 10.9 Å². The number of thiocarbonyl (C=S) groups is 1. The largest absolute Gasteiger partial charge is 0.370 e. The van der Waals surface area contributed by atoms with Crippen LogP contribution >= 0.6 is 23.8 Å². The summed E-state index contributed by atoms with van der Waals surface area (Å²) in [6, 6.07) is 17.9. The Morgan fingerprint density at radius 2 is 1.85 bits per heavy atom. The fourth-order valence-corrected chi connectivity index (χ4v) is 2.44. The van der Waals surface area contributed by atoms with E-state index in [4.69, 9.17) is 23.8 Å². The van der Waals surface area contributed by atoms with Crippen molar-refractivity contribution in [2.45, 2.75) is 6.54 Å². The SMILES string of the molecule is S=C(NCc1cc2ccccc2[nH]1)c1ccc(Cl)cc1. The lowest BCUT2D eigenvalue weighted by atomic mass is 10.2. The predicted octanol–water partition coefficient (Wildman–Crippen LogP) is 4.29. The molecule has 100 valence electrons. The molecule has 0 spiro atoms. The van der Waals surface area contributed by atoms with E-state index in [1.807, 2.05) is 36.4 Å². The minimum atomic E-state index is 0.677. The summed E-state index contributed by atoms with van der Waals surface area (Å²) in [5.41, 5.74) is 3.23. The number of benzene rings is 2. The van der Waals surface area contributed by atoms with E-state index < -0.39 is 0 Å². The number of para-hydroxylation sites is 1. The van der Waals surface area contributed by atoms with Gasteiger partial charge >= 0.3 is 0 Å². The molecule has 0 saturated heterocycles. The van der Waals surface area contributed by atoms with Crippen LogP contribution in [0.4, 0.5) is 0 Å². The highest BCUT2D eigenvalue weighted by Gasteiger charge is 2.03. The van der Waals surface area contributed by atoms with Crippen LogP contribution in [-0.2, 0) is 6.54 Å². The highest BCUT2D eigenvalue weighted by molar-refractivity contribution is 7.80. The number of halogens is 1. The molecule has 0 radical (unpaired) electrons. The molecule has 0 unspecified atom stereocenters. The quantitative estimate of drug-likeness (QED) is 0.706. The average molecular weight is 301 g/mol. The Hall–Kier alpha value is -1.84. The van der Waals surface area contributed by atoms with E-state index in [9.17, 15) is 0 Å². The zero-order valence-corrected chi connectivity index (χ0v) is 12.3. The van der Waals surface area contributed by atoms with Gasteiger partial charge in [0.15, 0.2) is 0 Å². The number of hydrogen-bond donors (Lipinski definition) is 2. The Morgan fingerprint density at radius 3 is 2.60 bits per heavy atom. The molecule has 2 aromatic carbocycles. The predicted molar refractivity (Wildman–Crippen MR) is 88.3 cm³/mol. The van der Waals surface area contributed by atoms with Crippen molar-refractivity contribution >= 4 is 39.7 Å². The summed E-state index contributed by atoms with van der Waals surface area (Å²) in [4.78, 5) is 4.09. The number of H-pyrrole nitrogens is 1. The Labute approximate surface area is 127 Å². The third-order valence-electron chi connectivity index (χ3n) is 3.13. The van der Waals surface area contributed by atoms with E-state index in [-0.39, 0.29) is 0 Å². The normalized spacial score (nSPS) is 10.7. The summed E-state index contributed by atoms with van der Waals surface area (Å²) in [6.07, 6.45) is 0. The number of nitrogens with one attached hydrogen (secondary N) is 2. The standard InChI is InChI=1S/C16H13ClN2S/c17-13-7-5-11(6-8-13)16(20)18-10-14-9-12-3-1-2-4-15(12)19-14/h1-9,19H,10H2,(H,18,20). The van der Waals surface area contributed by atoms with Crippen LogP contribution in [0.5, 0.6) is 0 Å². The molecule has 0 atom stereocenters. The van der Waals surface area contributed by atoms with Crippen molar-refractivity contribution in [2.75, 3.05) is 0 Å². The molecule has 0 bridgehead atoms. The summed E-state index contributed by atoms with van der Waals surface area (Å²) in [5.74, 6) is 0. The van der Waals surface area contributed by atoms with Gasteiger partial charge in [-0.1, -0.05) is 54.2 Å². The van der Waals surface area contributed by atoms with E-state index in [2.05, 4.69) is 28.5 Å². The van der Waals surface area contributed by atoms with Gasteiger partial charge in [0.05, 0.1) is 6.54 Å². The van der Waals surface area contributed by atoms with Crippen molar-refractivity contribution < 1.29 is 0 Å². The lowest BCUT2D eigenvalue weighted by molar-refractivity contribution is 0.899. The Morgan fingerprint density at radius 1 is 1.10 bits per heavy atom. The summed E-state index contributed by atoms with van der Waals surface area (Å²) < 4.78 is 0. The zero-order chi connectivity index (χ0) is 13.9. The molecule has 0 fully saturated rings. The highest BCUT2D eigenvalue weighted by Crippen LogP contribution is 2.15. The first-order chi connectivity index (χ1) is 9.72. The van der Waals surface area contributed by atoms with E-state index in [1.165, 1.54) is 5.39 Å². The molecule has 0 aliphatic carbocycles. The molecule has 0 saturated carbocycles. The van der Waals surface area contributed by atoms with Gasteiger partial charge in [0.2, 0.25) is 0 Å². The fraction of sp³-hybridized carbons (Fsp3) is 0.0625. The van der Waals surface area contributed by atoms with Gasteiger partial charge in [0.1, 0.15) is 4.99 Å². The molecular formula is C16H13ClN2S. The van der Waals surface area contributed by atoms with Crippen LogP contribution < -0.4 is 5.32 Å². The number of hydrogen-bond acceptors (Lipinski definition) is 1. The Bertz CT molecular complexity index is 714. The Balaban J connectivity index is 1.69. The van der Waals surface area contributed by atoms with E-state index in [0.29, 0.717) is 11.6 Å². The molecule has 1 heterocycles. The highest BCUT2D eigenvalue weighted by atomic mass is 35.5. The number of fused-ring (bicyclic) bond motifs is 1. The molecule has 1 aromatic heterocycles. The third-order valence-corrected chi connectivity index (χ3v) is 3.76. The average Bonchev–Trinajstić information content (AvgIpc) is 2.88. The molecule has 2 nitrogen and oxygen atoms in total. The number of rotatable bonds is 3. The Kier molecular flexibility index (Phi) is 3.72. The van der Waals surface area contributed by atoms with Crippen molar-refractivity contribution in [3.8, 4) is 0 Å². The minimum Gasteiger partial charge on any atom is -0.370 e. The topological polar surface area (TPSA) is 27.8 Å². The van der Waals surface area contributed by atoms with Gasteiger partial charge in [0.25, 0.3) is 0 Å². The number of aromatic nitrogens is 1. The van der Waals surface area contributed by atoms with Crippen LogP contribution in [0.2, 0.25) is 5.02 Å². The van der Waals surface area contributed by atoms with E-state index in [1.54, 1.807) is 0 Å². The van der Waals surface area contributed by atoms with Crippen molar-refractivity contribution in [2.24, 2.45) is 0 Å². The summed E-state index contributed by atoms with van der Waals surface area (Å²) in [6.45, 7) is 0.677. The van der Waals surface area contributed by atoms with Crippen molar-refractivity contribution in [1.29, 1.82) is 0 Å². The molecule has 4 heteroatoms. The minimum absolute atomic E-state index is 0.677. The van der Waals surface area contributed by atoms with Gasteiger partial charge in [0, 0.05) is 21.8 Å². The van der Waals surface area contributed by atoms with Gasteiger partial charge in [-0.3, -0.25) is 0 Å². The zero-order valence-electron chi connectivity index (χ0n) is 10.7. The lowest BCUT2D eigenvalue weighted by Gasteiger charge is -2.06. The van der Waals surface area contributed by atoms with Crippen LogP contribution in [0, 0.1) is 0 Å². The first-order valence-electron chi connectivity index (χ1n) is 6.33. The van der Waals surface area contributed by atoms with Crippen LogP contribution in [0.15, 0.2) is 54.6 Å². The number of aromatic amines is 1. The molecule has 0 aliphatic rings. The lowest BCUT2D eigenvalue weighted by Crippen LogP contribution is -2.21. The molecule has 3 rings (SSSR count). The van der Waals surface area contributed by atoms with Crippen molar-refractivity contribution in [3.05, 3.63) is 70.9 Å². The van der Waals surface area contributed by atoms with E-state index >= 15 is 0 Å². The molecular weight excluding hydrogens is 288 g/mol. The molecule has 0 amide bonds. The van der Waals surface area contributed by atoms with Crippen LogP contribution in [-0.4, -0.2) is 9.97 Å². The fourth-order valence-electron chi connectivity index (χ4n) is 2.11. The van der Waals surface area contributed by atoms with Crippen LogP contribution in [0.1, 0.15) is 11.3 Å². The maximum Gasteiger partial charge on any atom is 0.106 e. The maximum atomic E-state index is 5.87. The van der Waals surface area contributed by atoms with Gasteiger partial charge in [-0.25, -0.2) is 0 Å². The summed E-state index contributed by atoms with van der Waals surface area (Å²) >= 11 is 11.2. The first kappa shape index (κ1) is 13.2.